The lowest BCUT2D eigenvalue weighted by Gasteiger charge is -2.28. The summed E-state index contributed by atoms with van der Waals surface area (Å²) in [5.74, 6) is -0.0882. The third-order valence-electron chi connectivity index (χ3n) is 3.56. The molecule has 5 heteroatoms. The zero-order valence-corrected chi connectivity index (χ0v) is 10.6. The Kier molecular flexibility index (Phi) is 3.12. The molecule has 1 unspecified atom stereocenters. The van der Waals surface area contributed by atoms with E-state index in [1.165, 1.54) is 6.07 Å². The molecule has 1 atom stereocenters. The van der Waals surface area contributed by atoms with Gasteiger partial charge in [0, 0.05) is 24.4 Å². The van der Waals surface area contributed by atoms with Crippen LogP contribution in [0.3, 0.4) is 0 Å². The van der Waals surface area contributed by atoms with Gasteiger partial charge in [0.1, 0.15) is 0 Å². The molecule has 0 bridgehead atoms. The van der Waals surface area contributed by atoms with Crippen LogP contribution in [0.2, 0.25) is 0 Å². The zero-order chi connectivity index (χ0) is 14.2. The van der Waals surface area contributed by atoms with Crippen molar-refractivity contribution in [3.63, 3.8) is 0 Å². The number of alkyl halides is 3. The van der Waals surface area contributed by atoms with E-state index in [1.807, 2.05) is 12.1 Å². The highest BCUT2D eigenvalue weighted by atomic mass is 19.4. The third-order valence-corrected chi connectivity index (χ3v) is 3.56. The highest BCUT2D eigenvalue weighted by molar-refractivity contribution is 5.63. The molecule has 0 aliphatic carbocycles. The van der Waals surface area contributed by atoms with Crippen molar-refractivity contribution in [1.82, 2.24) is 4.98 Å². The van der Waals surface area contributed by atoms with Crippen LogP contribution in [0.5, 0.6) is 0 Å². The Morgan fingerprint density at radius 3 is 2.65 bits per heavy atom. The first-order valence-corrected chi connectivity index (χ1v) is 6.42. The summed E-state index contributed by atoms with van der Waals surface area (Å²) >= 11 is 0. The molecule has 1 aromatic carbocycles. The normalized spacial score (nSPS) is 18.2. The van der Waals surface area contributed by atoms with Gasteiger partial charge in [-0.15, -0.1) is 0 Å². The SMILES string of the molecule is FC(F)(F)c1cccc2c1NCCC2c1ccccn1. The predicted octanol–water partition coefficient (Wildman–Crippen LogP) is 4.05. The van der Waals surface area contributed by atoms with E-state index < -0.39 is 11.7 Å². The number of aromatic nitrogens is 1. The van der Waals surface area contributed by atoms with Gasteiger partial charge >= 0.3 is 6.18 Å². The highest BCUT2D eigenvalue weighted by Gasteiger charge is 2.36. The topological polar surface area (TPSA) is 24.9 Å². The van der Waals surface area contributed by atoms with Gasteiger partial charge in [-0.1, -0.05) is 18.2 Å². The molecule has 0 radical (unpaired) electrons. The largest absolute Gasteiger partial charge is 0.418 e. The number of pyridine rings is 1. The fraction of sp³-hybridized carbons (Fsp3) is 0.267. The van der Waals surface area contributed by atoms with E-state index in [0.29, 0.717) is 12.1 Å². The number of nitrogens with zero attached hydrogens (tertiary/aromatic N) is 1. The summed E-state index contributed by atoms with van der Waals surface area (Å²) in [6.45, 7) is 0.515. The van der Waals surface area contributed by atoms with Crippen molar-refractivity contribution in [3.8, 4) is 0 Å². The fourth-order valence-electron chi connectivity index (χ4n) is 2.68. The van der Waals surface area contributed by atoms with Crippen molar-refractivity contribution in [3.05, 3.63) is 59.4 Å². The van der Waals surface area contributed by atoms with Crippen LogP contribution in [-0.2, 0) is 6.18 Å². The molecule has 1 aliphatic heterocycles. The van der Waals surface area contributed by atoms with Crippen molar-refractivity contribution in [2.24, 2.45) is 0 Å². The first-order chi connectivity index (χ1) is 9.57. The third kappa shape index (κ3) is 2.24. The van der Waals surface area contributed by atoms with Crippen LogP contribution in [-0.4, -0.2) is 11.5 Å². The number of fused-ring (bicyclic) bond motifs is 1. The lowest BCUT2D eigenvalue weighted by molar-refractivity contribution is -0.137. The van der Waals surface area contributed by atoms with Crippen LogP contribution in [0.15, 0.2) is 42.6 Å². The minimum atomic E-state index is -4.34. The van der Waals surface area contributed by atoms with Gasteiger partial charge in [-0.3, -0.25) is 4.98 Å². The van der Waals surface area contributed by atoms with Crippen LogP contribution < -0.4 is 5.32 Å². The first-order valence-electron chi connectivity index (χ1n) is 6.42. The molecule has 2 heterocycles. The Labute approximate surface area is 114 Å². The molecule has 0 saturated heterocycles. The lowest BCUT2D eigenvalue weighted by atomic mass is 9.86. The summed E-state index contributed by atoms with van der Waals surface area (Å²) in [5.41, 5.74) is 1.08. The molecular weight excluding hydrogens is 265 g/mol. The second kappa shape index (κ2) is 4.81. The van der Waals surface area contributed by atoms with E-state index in [2.05, 4.69) is 10.3 Å². The van der Waals surface area contributed by atoms with E-state index in [9.17, 15) is 13.2 Å². The van der Waals surface area contributed by atoms with E-state index in [0.717, 1.165) is 18.2 Å². The van der Waals surface area contributed by atoms with Gasteiger partial charge in [0.25, 0.3) is 0 Å². The molecule has 1 aromatic heterocycles. The average Bonchev–Trinajstić information content (AvgIpc) is 2.46. The summed E-state index contributed by atoms with van der Waals surface area (Å²) in [6.07, 6.45) is -1.93. The van der Waals surface area contributed by atoms with Gasteiger partial charge < -0.3 is 5.32 Å². The van der Waals surface area contributed by atoms with Crippen LogP contribution >= 0.6 is 0 Å². The van der Waals surface area contributed by atoms with Crippen molar-refractivity contribution in [2.75, 3.05) is 11.9 Å². The molecule has 2 aromatic rings. The number of para-hydroxylation sites is 1. The molecule has 20 heavy (non-hydrogen) atoms. The lowest BCUT2D eigenvalue weighted by Crippen LogP contribution is -2.22. The Morgan fingerprint density at radius 2 is 1.95 bits per heavy atom. The summed E-state index contributed by atoms with van der Waals surface area (Å²) in [5, 5.41) is 2.89. The number of rotatable bonds is 1. The number of benzene rings is 1. The standard InChI is InChI=1S/C15H13F3N2/c16-15(17,18)12-5-3-4-11-10(7-9-20-14(11)12)13-6-1-2-8-19-13/h1-6,8,10,20H,7,9H2. The maximum Gasteiger partial charge on any atom is 0.418 e. The summed E-state index contributed by atoms with van der Waals surface area (Å²) in [6, 6.07) is 9.85. The number of nitrogens with one attached hydrogen (secondary N) is 1. The molecular formula is C15H13F3N2. The van der Waals surface area contributed by atoms with Gasteiger partial charge in [-0.05, 0) is 30.2 Å². The van der Waals surface area contributed by atoms with Crippen molar-refractivity contribution < 1.29 is 13.2 Å². The van der Waals surface area contributed by atoms with Gasteiger partial charge in [0.05, 0.1) is 11.3 Å². The molecule has 0 saturated carbocycles. The maximum absolute atomic E-state index is 13.0. The molecule has 104 valence electrons. The molecule has 1 aliphatic rings. The smallest absolute Gasteiger partial charge is 0.384 e. The van der Waals surface area contributed by atoms with E-state index in [4.69, 9.17) is 0 Å². The summed E-state index contributed by atoms with van der Waals surface area (Å²) < 4.78 is 39.1. The van der Waals surface area contributed by atoms with Crippen LogP contribution in [0.4, 0.5) is 18.9 Å². The Bertz CT molecular complexity index is 608. The van der Waals surface area contributed by atoms with Crippen LogP contribution in [0.1, 0.15) is 29.2 Å². The molecule has 0 fully saturated rings. The van der Waals surface area contributed by atoms with E-state index in [-0.39, 0.29) is 11.6 Å². The second-order valence-electron chi connectivity index (χ2n) is 4.79. The molecule has 1 N–H and O–H groups in total. The predicted molar refractivity (Wildman–Crippen MR) is 70.6 cm³/mol. The summed E-state index contributed by atoms with van der Waals surface area (Å²) in [4.78, 5) is 4.28. The number of halogens is 3. The fourth-order valence-corrected chi connectivity index (χ4v) is 2.68. The Morgan fingerprint density at radius 1 is 1.10 bits per heavy atom. The molecule has 3 rings (SSSR count). The average molecular weight is 278 g/mol. The van der Waals surface area contributed by atoms with Crippen molar-refractivity contribution >= 4 is 5.69 Å². The van der Waals surface area contributed by atoms with Crippen LogP contribution in [0.25, 0.3) is 0 Å². The van der Waals surface area contributed by atoms with E-state index in [1.54, 1.807) is 18.3 Å². The molecule has 0 spiro atoms. The number of hydrogen-bond donors (Lipinski definition) is 1. The van der Waals surface area contributed by atoms with Crippen molar-refractivity contribution in [1.29, 1.82) is 0 Å². The Balaban J connectivity index is 2.11. The minimum absolute atomic E-state index is 0.0882. The van der Waals surface area contributed by atoms with Crippen LogP contribution in [0, 0.1) is 0 Å². The number of hydrogen-bond acceptors (Lipinski definition) is 2. The quantitative estimate of drug-likeness (QED) is 0.851. The van der Waals surface area contributed by atoms with Gasteiger partial charge in [-0.2, -0.15) is 13.2 Å². The highest BCUT2D eigenvalue weighted by Crippen LogP contribution is 2.43. The monoisotopic (exact) mass is 278 g/mol. The minimum Gasteiger partial charge on any atom is -0.384 e. The van der Waals surface area contributed by atoms with Crippen molar-refractivity contribution in [2.45, 2.75) is 18.5 Å². The van der Waals surface area contributed by atoms with Gasteiger partial charge in [0.2, 0.25) is 0 Å². The second-order valence-corrected chi connectivity index (χ2v) is 4.79. The summed E-state index contributed by atoms with van der Waals surface area (Å²) in [7, 11) is 0. The Hall–Kier alpha value is -2.04. The zero-order valence-electron chi connectivity index (χ0n) is 10.6. The maximum atomic E-state index is 13.0. The number of anilines is 1. The first kappa shape index (κ1) is 13.0. The van der Waals surface area contributed by atoms with E-state index >= 15 is 0 Å². The van der Waals surface area contributed by atoms with Gasteiger partial charge in [-0.25, -0.2) is 0 Å². The molecule has 0 amide bonds. The molecule has 2 nitrogen and oxygen atoms in total. The van der Waals surface area contributed by atoms with Gasteiger partial charge in [0.15, 0.2) is 0 Å².